The van der Waals surface area contributed by atoms with Crippen molar-refractivity contribution < 1.29 is 58.8 Å². The minimum absolute atomic E-state index is 0. The number of likely N-dealkylation sites (tertiary alicyclic amines) is 4. The van der Waals surface area contributed by atoms with Gasteiger partial charge >= 0.3 is 0 Å². The van der Waals surface area contributed by atoms with Crippen molar-refractivity contribution in [2.24, 2.45) is 11.5 Å². The van der Waals surface area contributed by atoms with Gasteiger partial charge in [-0.1, -0.05) is 98.4 Å². The summed E-state index contributed by atoms with van der Waals surface area (Å²) in [5, 5.41) is 45.8. The summed E-state index contributed by atoms with van der Waals surface area (Å²) in [6.07, 6.45) is -0.00265. The molecule has 20 nitrogen and oxygen atoms in total. The summed E-state index contributed by atoms with van der Waals surface area (Å²) in [5.41, 5.74) is 10.6. The van der Waals surface area contributed by atoms with E-state index in [1.54, 1.807) is 9.80 Å². The largest absolute Gasteiger partial charge is 0.391 e. The first-order chi connectivity index (χ1) is 37.4. The fourth-order valence-corrected chi connectivity index (χ4v) is 12.0. The first-order valence-corrected chi connectivity index (χ1v) is 27.7. The highest BCUT2D eigenvalue weighted by Gasteiger charge is 2.59. The number of aliphatic hydroxyl groups excluding tert-OH is 4. The summed E-state index contributed by atoms with van der Waals surface area (Å²) in [6, 6.07) is 22.7. The van der Waals surface area contributed by atoms with Crippen molar-refractivity contribution in [1.82, 2.24) is 30.2 Å². The van der Waals surface area contributed by atoms with Crippen LogP contribution in [0.15, 0.2) is 91.0 Å². The number of aliphatic hydroxyl groups is 4. The zero-order valence-corrected chi connectivity index (χ0v) is 46.5. The molecule has 7 rings (SSSR count). The number of nitrogens with zero attached hydrogens (tertiary/aromatic N) is 4. The number of Topliss-reactive ketones (excluding diaryl/α,β-unsaturated/α-hetero) is 2. The van der Waals surface area contributed by atoms with E-state index in [4.69, 9.17) is 11.5 Å². The van der Waals surface area contributed by atoms with Crippen LogP contribution in [0.1, 0.15) is 117 Å². The number of carbonyl (C=O) groups is 8. The third-order valence-electron chi connectivity index (χ3n) is 16.3. The Bertz CT molecular complexity index is 2620. The molecule has 12 atom stereocenters. The third-order valence-corrected chi connectivity index (χ3v) is 16.3. The van der Waals surface area contributed by atoms with Crippen LogP contribution >= 0.6 is 0 Å². The van der Waals surface area contributed by atoms with Gasteiger partial charge in [0.2, 0.25) is 35.4 Å². The molecule has 20 heteroatoms. The molecule has 0 spiro atoms. The number of benzene rings is 3. The fourth-order valence-electron chi connectivity index (χ4n) is 12.0. The number of carbonyl (C=O) groups excluding carboxylic acids is 8. The molecule has 0 aromatic heterocycles. The monoisotopic (exact) mass is 1110 g/mol. The molecule has 0 aliphatic carbocycles. The van der Waals surface area contributed by atoms with E-state index in [1.807, 2.05) is 91.0 Å². The van der Waals surface area contributed by atoms with Crippen LogP contribution in [0.25, 0.3) is 0 Å². The lowest BCUT2D eigenvalue weighted by atomic mass is 9.82. The number of nitrogens with two attached hydrogens (primary N) is 2. The Morgan fingerprint density at radius 3 is 1.27 bits per heavy atom. The second-order valence-electron chi connectivity index (χ2n) is 22.2. The molecule has 4 aliphatic heterocycles. The fraction of sp³-hybridized carbons (Fsp3) is 0.567. The maximum Gasteiger partial charge on any atom is 0.249 e. The molecule has 0 saturated carbocycles. The maximum atomic E-state index is 15.1. The Morgan fingerprint density at radius 1 is 0.512 bits per heavy atom. The van der Waals surface area contributed by atoms with E-state index in [0.717, 1.165) is 16.7 Å². The molecule has 4 aliphatic rings. The number of nitrogens with one attached hydrogen (secondary N) is 2. The SMILES string of the molecule is C.CC(=O)[C@@H](NC(=O)C1(Cc2ccccc2)CCCN1C(=O)C1(Cc2ccccc2)CCCN1C(=O)[C@@H](N)[C@@H](C)O)[C@@H](C)O.CC(=O)[C@@H](NC(=O)C1(Cc2ccccc2)CCCN1C(=O)C1CCCN1C(=O)[C@@H](N)[C@@H](C)O)[C@@H](C)O. The molecule has 0 radical (unpaired) electrons. The van der Waals surface area contributed by atoms with Crippen molar-refractivity contribution >= 4 is 47.0 Å². The topological polar surface area (TPSA) is 307 Å². The highest BCUT2D eigenvalue weighted by molar-refractivity contribution is 6.01. The van der Waals surface area contributed by atoms with E-state index in [-0.39, 0.29) is 57.4 Å². The smallest absolute Gasteiger partial charge is 0.249 e. The summed E-state index contributed by atoms with van der Waals surface area (Å²) in [7, 11) is 0. The quantitative estimate of drug-likeness (QED) is 0.0800. The van der Waals surface area contributed by atoms with E-state index in [2.05, 4.69) is 10.6 Å². The summed E-state index contributed by atoms with van der Waals surface area (Å²) >= 11 is 0. The molecular formula is C60H86N8O12. The molecule has 4 heterocycles. The van der Waals surface area contributed by atoms with Crippen molar-refractivity contribution in [3.05, 3.63) is 108 Å². The van der Waals surface area contributed by atoms with E-state index >= 15 is 4.79 Å². The molecular weight excluding hydrogens is 1020 g/mol. The van der Waals surface area contributed by atoms with Gasteiger partial charge in [-0.25, -0.2) is 0 Å². The van der Waals surface area contributed by atoms with E-state index in [0.29, 0.717) is 64.5 Å². The van der Waals surface area contributed by atoms with E-state index < -0.39 is 101 Å². The first-order valence-electron chi connectivity index (χ1n) is 27.7. The maximum absolute atomic E-state index is 15.1. The number of hydrogen-bond donors (Lipinski definition) is 8. The number of ketones is 2. The lowest BCUT2D eigenvalue weighted by molar-refractivity contribution is -0.159. The molecule has 438 valence electrons. The Balaban J connectivity index is 0.000000295. The van der Waals surface area contributed by atoms with Crippen LogP contribution in [0.4, 0.5) is 0 Å². The minimum Gasteiger partial charge on any atom is -0.391 e. The molecule has 6 amide bonds. The van der Waals surface area contributed by atoms with Crippen molar-refractivity contribution in [3.8, 4) is 0 Å². The first kappa shape index (κ1) is 64.4. The van der Waals surface area contributed by atoms with Gasteiger partial charge in [0, 0.05) is 45.4 Å². The van der Waals surface area contributed by atoms with Crippen LogP contribution in [-0.2, 0) is 57.6 Å². The van der Waals surface area contributed by atoms with Gasteiger partial charge < -0.3 is 62.1 Å². The van der Waals surface area contributed by atoms with Gasteiger partial charge in [-0.2, -0.15) is 0 Å². The van der Waals surface area contributed by atoms with Gasteiger partial charge in [-0.05, 0) is 110 Å². The van der Waals surface area contributed by atoms with Gasteiger partial charge in [-0.3, -0.25) is 38.4 Å². The molecule has 80 heavy (non-hydrogen) atoms. The summed E-state index contributed by atoms with van der Waals surface area (Å²) in [6.45, 7) is 9.58. The molecule has 0 bridgehead atoms. The normalized spacial score (nSPS) is 24.6. The summed E-state index contributed by atoms with van der Waals surface area (Å²) in [4.78, 5) is 114. The average molecular weight is 1110 g/mol. The molecule has 10 N–H and O–H groups in total. The average Bonchev–Trinajstić information content (AvgIpc) is 4.26. The van der Waals surface area contributed by atoms with Gasteiger partial charge in [0.1, 0.15) is 46.8 Å². The summed E-state index contributed by atoms with van der Waals surface area (Å²) < 4.78 is 0. The van der Waals surface area contributed by atoms with Crippen LogP contribution in [0, 0.1) is 0 Å². The van der Waals surface area contributed by atoms with Crippen LogP contribution in [0.3, 0.4) is 0 Å². The number of rotatable bonds is 20. The zero-order chi connectivity index (χ0) is 58.0. The zero-order valence-electron chi connectivity index (χ0n) is 46.5. The van der Waals surface area contributed by atoms with Gasteiger partial charge in [-0.15, -0.1) is 0 Å². The van der Waals surface area contributed by atoms with E-state index in [1.165, 1.54) is 51.3 Å². The lowest BCUT2D eigenvalue weighted by Gasteiger charge is -2.46. The standard InChI is InChI=1S/C33H44N4O6.C26H38N4O6.CH4/c1-22(38)27(34)29(41)36-18-11-17-33(36,21-26-14-8-5-9-15-26)31(43)37-19-10-16-32(37,20-25-12-6-4-7-13-25)30(42)35-28(23(2)39)24(3)40;1-16(31)21(27)24(35)29-13-7-11-20(29)23(34)30-14-8-12-26(30,15-19-9-5-4-6-10-19)25(36)28-22(17(2)32)18(3)33;/h4-9,12-15,22-23,27-28,38-39H,10-11,16-21,34H2,1-3H3,(H,35,42);4-6,9-10,16-17,20-22,31-32H,7-8,11-15,27H2,1-3H3,(H,28,36);1H4/t22-,23-,27+,28+,32?,33?;16-,17-,20?,21+,22+,26?;/m11./s1. The molecule has 3 aromatic rings. The predicted octanol–water partition coefficient (Wildman–Crippen LogP) is 1.74. The van der Waals surface area contributed by atoms with E-state index in [9.17, 15) is 54.0 Å². The van der Waals surface area contributed by atoms with Crippen LogP contribution in [-0.4, -0.2) is 184 Å². The molecule has 4 unspecified atom stereocenters. The molecule has 4 saturated heterocycles. The van der Waals surface area contributed by atoms with Gasteiger partial charge in [0.25, 0.3) is 0 Å². The predicted molar refractivity (Wildman–Crippen MR) is 301 cm³/mol. The highest BCUT2D eigenvalue weighted by atomic mass is 16.3. The Hall–Kier alpha value is -6.42. The van der Waals surface area contributed by atoms with Gasteiger partial charge in [0.15, 0.2) is 11.6 Å². The van der Waals surface area contributed by atoms with Crippen LogP contribution in [0.2, 0.25) is 0 Å². The van der Waals surface area contributed by atoms with Crippen molar-refractivity contribution in [2.45, 2.75) is 191 Å². The Labute approximate surface area is 470 Å². The highest BCUT2D eigenvalue weighted by Crippen LogP contribution is 2.42. The Morgan fingerprint density at radius 2 is 0.875 bits per heavy atom. The number of hydrogen-bond acceptors (Lipinski definition) is 14. The molecule has 3 aromatic carbocycles. The summed E-state index contributed by atoms with van der Waals surface area (Å²) in [5.74, 6) is -3.52. The van der Waals surface area contributed by atoms with Gasteiger partial charge in [0.05, 0.1) is 24.4 Å². The molecule has 4 fully saturated rings. The lowest BCUT2D eigenvalue weighted by Crippen LogP contribution is -2.68. The van der Waals surface area contributed by atoms with Crippen molar-refractivity contribution in [3.63, 3.8) is 0 Å². The second kappa shape index (κ2) is 27.8. The van der Waals surface area contributed by atoms with Crippen LogP contribution < -0.4 is 22.1 Å². The van der Waals surface area contributed by atoms with Crippen molar-refractivity contribution in [1.29, 1.82) is 0 Å². The minimum atomic E-state index is -1.37. The Kier molecular flexibility index (Phi) is 22.4. The third kappa shape index (κ3) is 14.0. The van der Waals surface area contributed by atoms with Crippen LogP contribution in [0.5, 0.6) is 0 Å². The second-order valence-corrected chi connectivity index (χ2v) is 22.2. The number of amides is 6. The van der Waals surface area contributed by atoms with Crippen molar-refractivity contribution in [2.75, 3.05) is 26.2 Å².